The summed E-state index contributed by atoms with van der Waals surface area (Å²) in [5.41, 5.74) is 6.55. The van der Waals surface area contributed by atoms with Crippen LogP contribution in [-0.4, -0.2) is 25.5 Å². The van der Waals surface area contributed by atoms with Gasteiger partial charge in [-0.05, 0) is 24.2 Å². The van der Waals surface area contributed by atoms with Crippen molar-refractivity contribution < 1.29 is 13.9 Å². The molecule has 0 radical (unpaired) electrons. The summed E-state index contributed by atoms with van der Waals surface area (Å²) in [6, 6.07) is 6.39. The first-order valence-corrected chi connectivity index (χ1v) is 5.46. The monoisotopic (exact) mass is 225 g/mol. The molecule has 0 atom stereocenters. The van der Waals surface area contributed by atoms with Crippen molar-refractivity contribution in [2.45, 2.75) is 18.6 Å². The van der Waals surface area contributed by atoms with Crippen molar-refractivity contribution >= 4 is 0 Å². The Hall–Kier alpha value is -0.970. The summed E-state index contributed by atoms with van der Waals surface area (Å²) in [5, 5.41) is 0. The van der Waals surface area contributed by atoms with Crippen LogP contribution in [0.5, 0.6) is 0 Å². The quantitative estimate of drug-likeness (QED) is 0.843. The van der Waals surface area contributed by atoms with Gasteiger partial charge in [0.25, 0.3) is 0 Å². The summed E-state index contributed by atoms with van der Waals surface area (Å²) in [6.45, 7) is 1.71. The SMILES string of the molecule is NCCC1(Cc2ccc(F)cc2)OCCO1. The van der Waals surface area contributed by atoms with Crippen LogP contribution in [0.3, 0.4) is 0 Å². The molecule has 0 spiro atoms. The second-order valence-corrected chi connectivity index (χ2v) is 3.95. The zero-order valence-corrected chi connectivity index (χ0v) is 9.12. The van der Waals surface area contributed by atoms with Crippen LogP contribution in [0.25, 0.3) is 0 Å². The molecule has 2 N–H and O–H groups in total. The average molecular weight is 225 g/mol. The molecule has 16 heavy (non-hydrogen) atoms. The maximum atomic E-state index is 12.8. The van der Waals surface area contributed by atoms with Gasteiger partial charge in [0.2, 0.25) is 0 Å². The van der Waals surface area contributed by atoms with Gasteiger partial charge in [-0.15, -0.1) is 0 Å². The number of hydrogen-bond acceptors (Lipinski definition) is 3. The van der Waals surface area contributed by atoms with Gasteiger partial charge in [0.1, 0.15) is 5.82 Å². The number of hydrogen-bond donors (Lipinski definition) is 1. The molecule has 3 nitrogen and oxygen atoms in total. The third-order valence-corrected chi connectivity index (χ3v) is 2.73. The minimum absolute atomic E-state index is 0.232. The number of benzene rings is 1. The largest absolute Gasteiger partial charge is 0.347 e. The van der Waals surface area contributed by atoms with Gasteiger partial charge in [0.05, 0.1) is 13.2 Å². The van der Waals surface area contributed by atoms with Crippen LogP contribution < -0.4 is 5.73 Å². The zero-order chi connectivity index (χ0) is 11.4. The molecular weight excluding hydrogens is 209 g/mol. The Morgan fingerprint density at radius 1 is 1.19 bits per heavy atom. The lowest BCUT2D eigenvalue weighted by molar-refractivity contribution is -0.158. The topological polar surface area (TPSA) is 44.5 Å². The van der Waals surface area contributed by atoms with Crippen LogP contribution in [0.2, 0.25) is 0 Å². The third-order valence-electron chi connectivity index (χ3n) is 2.73. The van der Waals surface area contributed by atoms with E-state index >= 15 is 0 Å². The molecule has 1 aliphatic heterocycles. The van der Waals surface area contributed by atoms with Gasteiger partial charge in [-0.3, -0.25) is 0 Å². The molecule has 1 saturated heterocycles. The Kier molecular flexibility index (Phi) is 3.53. The number of halogens is 1. The fourth-order valence-corrected chi connectivity index (χ4v) is 1.96. The summed E-state index contributed by atoms with van der Waals surface area (Å²) in [6.07, 6.45) is 1.27. The normalized spacial score (nSPS) is 18.9. The molecule has 88 valence electrons. The Morgan fingerprint density at radius 3 is 2.38 bits per heavy atom. The molecule has 1 fully saturated rings. The van der Waals surface area contributed by atoms with E-state index in [2.05, 4.69) is 0 Å². The lowest BCUT2D eigenvalue weighted by atomic mass is 10.0. The van der Waals surface area contributed by atoms with Gasteiger partial charge in [0.15, 0.2) is 5.79 Å². The Morgan fingerprint density at radius 2 is 1.81 bits per heavy atom. The van der Waals surface area contributed by atoms with Crippen molar-refractivity contribution in [3.8, 4) is 0 Å². The maximum Gasteiger partial charge on any atom is 0.173 e. The standard InChI is InChI=1S/C12H16FNO2/c13-11-3-1-10(2-4-11)9-12(5-6-14)15-7-8-16-12/h1-4H,5-9,14H2. The van der Waals surface area contributed by atoms with Crippen molar-refractivity contribution in [3.05, 3.63) is 35.6 Å². The van der Waals surface area contributed by atoms with Crippen molar-refractivity contribution in [3.63, 3.8) is 0 Å². The zero-order valence-electron chi connectivity index (χ0n) is 9.12. The second-order valence-electron chi connectivity index (χ2n) is 3.95. The van der Waals surface area contributed by atoms with Gasteiger partial charge in [-0.2, -0.15) is 0 Å². The maximum absolute atomic E-state index is 12.8. The van der Waals surface area contributed by atoms with Gasteiger partial charge in [-0.25, -0.2) is 4.39 Å². The highest BCUT2D eigenvalue weighted by Gasteiger charge is 2.35. The smallest absolute Gasteiger partial charge is 0.173 e. The highest BCUT2D eigenvalue weighted by molar-refractivity contribution is 5.17. The first kappa shape index (κ1) is 11.5. The highest BCUT2D eigenvalue weighted by atomic mass is 19.1. The van der Waals surface area contributed by atoms with E-state index in [-0.39, 0.29) is 5.82 Å². The van der Waals surface area contributed by atoms with E-state index in [1.165, 1.54) is 12.1 Å². The van der Waals surface area contributed by atoms with E-state index in [9.17, 15) is 4.39 Å². The minimum Gasteiger partial charge on any atom is -0.347 e. The summed E-state index contributed by atoms with van der Waals surface area (Å²) < 4.78 is 24.0. The van der Waals surface area contributed by atoms with Crippen molar-refractivity contribution in [2.24, 2.45) is 5.73 Å². The van der Waals surface area contributed by atoms with Crippen LogP contribution in [0.1, 0.15) is 12.0 Å². The molecule has 2 rings (SSSR count). The summed E-state index contributed by atoms with van der Waals surface area (Å²) in [5.74, 6) is -0.836. The molecule has 0 unspecified atom stereocenters. The van der Waals surface area contributed by atoms with Crippen LogP contribution >= 0.6 is 0 Å². The molecule has 1 heterocycles. The molecule has 0 amide bonds. The highest BCUT2D eigenvalue weighted by Crippen LogP contribution is 2.27. The predicted molar refractivity (Wildman–Crippen MR) is 58.4 cm³/mol. The molecule has 0 saturated carbocycles. The number of ether oxygens (including phenoxy) is 2. The van der Waals surface area contributed by atoms with Gasteiger partial charge < -0.3 is 15.2 Å². The lowest BCUT2D eigenvalue weighted by Gasteiger charge is -2.26. The summed E-state index contributed by atoms with van der Waals surface area (Å²) in [7, 11) is 0. The summed E-state index contributed by atoms with van der Waals surface area (Å²) >= 11 is 0. The van der Waals surface area contributed by atoms with E-state index in [0.717, 1.165) is 5.56 Å². The molecule has 1 aromatic rings. The Bertz CT molecular complexity index is 333. The number of nitrogens with two attached hydrogens (primary N) is 1. The molecule has 1 aliphatic rings. The average Bonchev–Trinajstić information content (AvgIpc) is 2.71. The van der Waals surface area contributed by atoms with E-state index < -0.39 is 5.79 Å². The molecule has 4 heteroatoms. The van der Waals surface area contributed by atoms with Gasteiger partial charge in [0, 0.05) is 12.8 Å². The van der Waals surface area contributed by atoms with Crippen molar-refractivity contribution in [1.29, 1.82) is 0 Å². The third kappa shape index (κ3) is 2.58. The summed E-state index contributed by atoms with van der Waals surface area (Å²) in [4.78, 5) is 0. The van der Waals surface area contributed by atoms with Crippen LogP contribution in [0, 0.1) is 5.82 Å². The fraction of sp³-hybridized carbons (Fsp3) is 0.500. The Balaban J connectivity index is 2.08. The van der Waals surface area contributed by atoms with E-state index in [1.807, 2.05) is 0 Å². The molecule has 0 bridgehead atoms. The first-order chi connectivity index (χ1) is 7.74. The Labute approximate surface area is 94.3 Å². The molecule has 1 aromatic carbocycles. The van der Waals surface area contributed by atoms with Crippen LogP contribution in [0.4, 0.5) is 4.39 Å². The van der Waals surface area contributed by atoms with E-state index in [0.29, 0.717) is 32.6 Å². The fourth-order valence-electron chi connectivity index (χ4n) is 1.96. The minimum atomic E-state index is -0.605. The van der Waals surface area contributed by atoms with Crippen LogP contribution in [0.15, 0.2) is 24.3 Å². The predicted octanol–water partition coefficient (Wildman–Crippen LogP) is 1.46. The van der Waals surface area contributed by atoms with Crippen molar-refractivity contribution in [1.82, 2.24) is 0 Å². The number of rotatable bonds is 4. The van der Waals surface area contributed by atoms with Gasteiger partial charge >= 0.3 is 0 Å². The molecule has 0 aromatic heterocycles. The second kappa shape index (κ2) is 4.91. The van der Waals surface area contributed by atoms with E-state index in [1.54, 1.807) is 12.1 Å². The molecule has 0 aliphatic carbocycles. The van der Waals surface area contributed by atoms with Crippen LogP contribution in [-0.2, 0) is 15.9 Å². The lowest BCUT2D eigenvalue weighted by Crippen LogP contribution is -2.35. The van der Waals surface area contributed by atoms with Crippen molar-refractivity contribution in [2.75, 3.05) is 19.8 Å². The van der Waals surface area contributed by atoms with E-state index in [4.69, 9.17) is 15.2 Å². The first-order valence-electron chi connectivity index (χ1n) is 5.46. The van der Waals surface area contributed by atoms with Gasteiger partial charge in [-0.1, -0.05) is 12.1 Å². The molecular formula is C12H16FNO2.